The van der Waals surface area contributed by atoms with Crippen LogP contribution >= 0.6 is 0 Å². The number of fused-ring (bicyclic) bond motifs is 1. The van der Waals surface area contributed by atoms with Crippen LogP contribution in [0, 0.1) is 0 Å². The van der Waals surface area contributed by atoms with E-state index in [0.29, 0.717) is 10.5 Å². The summed E-state index contributed by atoms with van der Waals surface area (Å²) in [7, 11) is 1.18. The van der Waals surface area contributed by atoms with Gasteiger partial charge >= 0.3 is 18.2 Å². The first-order valence-electron chi connectivity index (χ1n) is 11.5. The molecule has 3 amide bonds. The molecule has 36 heavy (non-hydrogen) atoms. The first kappa shape index (κ1) is 28.4. The Morgan fingerprint density at radius 3 is 2.06 bits per heavy atom. The van der Waals surface area contributed by atoms with Gasteiger partial charge < -0.3 is 24.5 Å². The molecule has 10 nitrogen and oxygen atoms in total. The standard InChI is InChI=1S/C26H35N3O7/c1-9-18(22(31)34-8)28-21(30)20(14-16-15-27-19-13-11-10-12-17(16)19)29(23(32)35-25(2,3)4)24(33)36-26(5,6)7/h9-13,15,20,27H,14H2,1-8H3,(H,28,30)/b18-9-/t20-/m0/s1. The number of aromatic amines is 1. The number of carbonyl (C=O) groups is 4. The summed E-state index contributed by atoms with van der Waals surface area (Å²) < 4.78 is 15.6. The van der Waals surface area contributed by atoms with Crippen LogP contribution in [-0.2, 0) is 30.2 Å². The molecule has 0 fully saturated rings. The molecular weight excluding hydrogens is 466 g/mol. The van der Waals surface area contributed by atoms with Gasteiger partial charge in [0.25, 0.3) is 0 Å². The summed E-state index contributed by atoms with van der Waals surface area (Å²) in [4.78, 5) is 56.0. The zero-order chi connectivity index (χ0) is 27.3. The van der Waals surface area contributed by atoms with Gasteiger partial charge in [-0.3, -0.25) is 4.79 Å². The molecule has 0 aliphatic heterocycles. The number of nitrogens with zero attached hydrogens (tertiary/aromatic N) is 1. The highest BCUT2D eigenvalue weighted by atomic mass is 16.6. The average molecular weight is 502 g/mol. The lowest BCUT2D eigenvalue weighted by Crippen LogP contribution is -2.55. The van der Waals surface area contributed by atoms with E-state index >= 15 is 0 Å². The molecule has 0 bridgehead atoms. The molecular formula is C26H35N3O7. The van der Waals surface area contributed by atoms with Crippen LogP contribution in [0.25, 0.3) is 10.9 Å². The topological polar surface area (TPSA) is 127 Å². The molecule has 0 spiro atoms. The van der Waals surface area contributed by atoms with E-state index in [1.165, 1.54) is 13.2 Å². The quantitative estimate of drug-likeness (QED) is 0.340. The van der Waals surface area contributed by atoms with Crippen molar-refractivity contribution in [3.8, 4) is 0 Å². The Bertz CT molecular complexity index is 1120. The number of hydrogen-bond donors (Lipinski definition) is 2. The van der Waals surface area contributed by atoms with E-state index in [1.807, 2.05) is 24.3 Å². The summed E-state index contributed by atoms with van der Waals surface area (Å²) in [5, 5.41) is 3.28. The molecule has 0 aliphatic carbocycles. The normalized spacial score (nSPS) is 13.1. The van der Waals surface area contributed by atoms with Gasteiger partial charge in [-0.15, -0.1) is 0 Å². The third-order valence-electron chi connectivity index (χ3n) is 4.83. The molecule has 2 N–H and O–H groups in total. The monoisotopic (exact) mass is 501 g/mol. The lowest BCUT2D eigenvalue weighted by molar-refractivity contribution is -0.138. The molecule has 10 heteroatoms. The minimum absolute atomic E-state index is 0.0769. The number of nitrogens with one attached hydrogen (secondary N) is 2. The van der Waals surface area contributed by atoms with Crippen LogP contribution in [0.1, 0.15) is 54.0 Å². The second kappa shape index (κ2) is 11.3. The highest BCUT2D eigenvalue weighted by Gasteiger charge is 2.41. The number of methoxy groups -OCH3 is 1. The highest BCUT2D eigenvalue weighted by molar-refractivity contribution is 6.00. The van der Waals surface area contributed by atoms with E-state index in [4.69, 9.17) is 14.2 Å². The van der Waals surface area contributed by atoms with Gasteiger partial charge in [0.05, 0.1) is 7.11 Å². The van der Waals surface area contributed by atoms with Crippen LogP contribution in [0.15, 0.2) is 42.2 Å². The number of rotatable bonds is 6. The second-order valence-corrected chi connectivity index (χ2v) is 10.1. The Morgan fingerprint density at radius 2 is 1.56 bits per heavy atom. The molecule has 2 rings (SSSR count). The molecule has 2 aromatic rings. The van der Waals surface area contributed by atoms with E-state index in [1.54, 1.807) is 54.7 Å². The zero-order valence-electron chi connectivity index (χ0n) is 22.1. The number of H-pyrrole nitrogens is 1. The molecule has 1 atom stereocenters. The number of amides is 3. The molecule has 1 aromatic carbocycles. The lowest BCUT2D eigenvalue weighted by atomic mass is 10.0. The molecule has 0 saturated heterocycles. The average Bonchev–Trinajstić information content (AvgIpc) is 3.16. The fourth-order valence-electron chi connectivity index (χ4n) is 3.33. The van der Waals surface area contributed by atoms with Crippen LogP contribution in [0.5, 0.6) is 0 Å². The number of aromatic nitrogens is 1. The van der Waals surface area contributed by atoms with Crippen molar-refractivity contribution in [2.45, 2.75) is 72.1 Å². The van der Waals surface area contributed by atoms with E-state index in [-0.39, 0.29) is 12.1 Å². The van der Waals surface area contributed by atoms with Gasteiger partial charge in [-0.05, 0) is 60.1 Å². The number of imide groups is 1. The number of benzene rings is 1. The van der Waals surface area contributed by atoms with Gasteiger partial charge in [0.1, 0.15) is 22.9 Å². The summed E-state index contributed by atoms with van der Waals surface area (Å²) >= 11 is 0. The Balaban J connectivity index is 2.60. The van der Waals surface area contributed by atoms with Gasteiger partial charge in [-0.2, -0.15) is 4.90 Å². The zero-order valence-corrected chi connectivity index (χ0v) is 22.1. The molecule has 1 aromatic heterocycles. The number of ether oxygens (including phenoxy) is 3. The van der Waals surface area contributed by atoms with E-state index in [9.17, 15) is 19.2 Å². The minimum atomic E-state index is -1.42. The van der Waals surface area contributed by atoms with Crippen molar-refractivity contribution < 1.29 is 33.4 Å². The third-order valence-corrected chi connectivity index (χ3v) is 4.83. The Kier molecular flexibility index (Phi) is 8.90. The SMILES string of the molecule is C/C=C(\NC(=O)[C@H](Cc1c[nH]c2ccccc12)N(C(=O)OC(C)(C)C)C(=O)OC(C)(C)C)C(=O)OC. The van der Waals surface area contributed by atoms with Crippen molar-refractivity contribution in [1.29, 1.82) is 0 Å². The van der Waals surface area contributed by atoms with Crippen LogP contribution in [0.3, 0.4) is 0 Å². The number of carbonyl (C=O) groups excluding carboxylic acids is 4. The van der Waals surface area contributed by atoms with Gasteiger partial charge in [-0.25, -0.2) is 14.4 Å². The summed E-state index contributed by atoms with van der Waals surface area (Å²) in [6.45, 7) is 11.4. The van der Waals surface area contributed by atoms with Gasteiger partial charge in [0, 0.05) is 23.5 Å². The van der Waals surface area contributed by atoms with E-state index < -0.39 is 41.3 Å². The van der Waals surface area contributed by atoms with Crippen LogP contribution in [0.4, 0.5) is 9.59 Å². The van der Waals surface area contributed by atoms with Crippen molar-refractivity contribution in [2.75, 3.05) is 7.11 Å². The first-order valence-corrected chi connectivity index (χ1v) is 11.5. The molecule has 1 heterocycles. The molecule has 0 saturated carbocycles. The Hall–Kier alpha value is -3.82. The van der Waals surface area contributed by atoms with Crippen LogP contribution in [0.2, 0.25) is 0 Å². The van der Waals surface area contributed by atoms with Crippen LogP contribution < -0.4 is 5.32 Å². The van der Waals surface area contributed by atoms with Gasteiger partial charge in [-0.1, -0.05) is 24.3 Å². The molecule has 0 radical (unpaired) electrons. The predicted molar refractivity (Wildman–Crippen MR) is 134 cm³/mol. The Labute approximate surface area is 210 Å². The largest absolute Gasteiger partial charge is 0.464 e. The van der Waals surface area contributed by atoms with E-state index in [0.717, 1.165) is 10.9 Å². The number of para-hydroxylation sites is 1. The summed E-state index contributed by atoms with van der Waals surface area (Å²) in [5.74, 6) is -1.58. The smallest absolute Gasteiger partial charge is 0.420 e. The third kappa shape index (κ3) is 7.59. The number of allylic oxidation sites excluding steroid dienone is 1. The molecule has 0 unspecified atom stereocenters. The maximum atomic E-state index is 13.5. The van der Waals surface area contributed by atoms with Crippen molar-refractivity contribution >= 4 is 35.0 Å². The highest BCUT2D eigenvalue weighted by Crippen LogP contribution is 2.24. The first-order chi connectivity index (χ1) is 16.7. The fraction of sp³-hybridized carbons (Fsp3) is 0.462. The maximum absolute atomic E-state index is 13.5. The van der Waals surface area contributed by atoms with Crippen LogP contribution in [-0.4, -0.2) is 58.3 Å². The number of hydrogen-bond acceptors (Lipinski definition) is 7. The van der Waals surface area contributed by atoms with Crippen molar-refractivity contribution in [1.82, 2.24) is 15.2 Å². The van der Waals surface area contributed by atoms with Gasteiger partial charge in [0.2, 0.25) is 5.91 Å². The second-order valence-electron chi connectivity index (χ2n) is 10.1. The lowest BCUT2D eigenvalue weighted by Gasteiger charge is -2.33. The molecule has 196 valence electrons. The maximum Gasteiger partial charge on any atom is 0.420 e. The van der Waals surface area contributed by atoms with Crippen molar-refractivity contribution in [3.05, 3.63) is 47.8 Å². The summed E-state index contributed by atoms with van der Waals surface area (Å²) in [6, 6.07) is 5.99. The summed E-state index contributed by atoms with van der Waals surface area (Å²) in [6.07, 6.45) is 0.864. The fourth-order valence-corrected chi connectivity index (χ4v) is 3.33. The van der Waals surface area contributed by atoms with Gasteiger partial charge in [0.15, 0.2) is 0 Å². The van der Waals surface area contributed by atoms with Crippen molar-refractivity contribution in [3.63, 3.8) is 0 Å². The Morgan fingerprint density at radius 1 is 1.00 bits per heavy atom. The summed E-state index contributed by atoms with van der Waals surface area (Å²) in [5.41, 5.74) is -0.571. The van der Waals surface area contributed by atoms with E-state index in [2.05, 4.69) is 10.3 Å². The predicted octanol–water partition coefficient (Wildman–Crippen LogP) is 4.44. The molecule has 0 aliphatic rings. The van der Waals surface area contributed by atoms with Crippen molar-refractivity contribution in [2.24, 2.45) is 0 Å². The minimum Gasteiger partial charge on any atom is -0.464 e. The number of esters is 1.